The topological polar surface area (TPSA) is 146 Å². The van der Waals surface area contributed by atoms with E-state index in [1.807, 2.05) is 20.8 Å². The fourth-order valence-electron chi connectivity index (χ4n) is 6.61. The van der Waals surface area contributed by atoms with Crippen molar-refractivity contribution in [2.75, 3.05) is 0 Å². The molecule has 10 heteroatoms. The normalized spacial score (nSPS) is 37.0. The first-order valence-corrected chi connectivity index (χ1v) is 14.8. The second-order valence-electron chi connectivity index (χ2n) is 11.9. The zero-order valence-electron chi connectivity index (χ0n) is 25.3. The van der Waals surface area contributed by atoms with E-state index in [1.165, 1.54) is 6.92 Å². The van der Waals surface area contributed by atoms with Crippen LogP contribution in [0.15, 0.2) is 23.3 Å². The average molecular weight is 579 g/mol. The van der Waals surface area contributed by atoms with Gasteiger partial charge in [-0.2, -0.15) is 0 Å². The molecule has 0 amide bonds. The van der Waals surface area contributed by atoms with Crippen LogP contribution in [-0.4, -0.2) is 70.2 Å². The van der Waals surface area contributed by atoms with Crippen molar-refractivity contribution in [1.29, 1.82) is 0 Å². The monoisotopic (exact) mass is 578 g/mol. The number of allylic oxidation sites excluding steroid dienone is 1. The van der Waals surface area contributed by atoms with E-state index in [0.29, 0.717) is 24.8 Å². The van der Waals surface area contributed by atoms with Crippen LogP contribution in [-0.2, 0) is 38.1 Å². The lowest BCUT2D eigenvalue weighted by Crippen LogP contribution is -2.66. The Balaban J connectivity index is 2.31. The molecule has 3 rings (SSSR count). The van der Waals surface area contributed by atoms with E-state index in [0.717, 1.165) is 5.57 Å². The van der Waals surface area contributed by atoms with Crippen LogP contribution in [0.4, 0.5) is 0 Å². The quantitative estimate of drug-likeness (QED) is 0.248. The van der Waals surface area contributed by atoms with Crippen molar-refractivity contribution >= 4 is 23.9 Å². The molecule has 2 N–H and O–H groups in total. The third-order valence-corrected chi connectivity index (χ3v) is 8.96. The van der Waals surface area contributed by atoms with Crippen LogP contribution in [0, 0.1) is 17.3 Å². The maximum atomic E-state index is 13.0. The maximum absolute atomic E-state index is 13.0. The van der Waals surface area contributed by atoms with E-state index >= 15 is 0 Å². The summed E-state index contributed by atoms with van der Waals surface area (Å²) in [5.41, 5.74) is -2.13. The van der Waals surface area contributed by atoms with Gasteiger partial charge in [-0.3, -0.25) is 19.2 Å². The molecular weight excluding hydrogens is 532 g/mol. The summed E-state index contributed by atoms with van der Waals surface area (Å²) >= 11 is 0. The Morgan fingerprint density at radius 1 is 1.00 bits per heavy atom. The van der Waals surface area contributed by atoms with Gasteiger partial charge in [-0.05, 0) is 58.6 Å². The molecule has 9 atom stereocenters. The minimum Gasteiger partial charge on any atom is -0.462 e. The van der Waals surface area contributed by atoms with Gasteiger partial charge in [-0.1, -0.05) is 38.8 Å². The van der Waals surface area contributed by atoms with Crippen molar-refractivity contribution < 1.29 is 48.3 Å². The van der Waals surface area contributed by atoms with Gasteiger partial charge in [-0.25, -0.2) is 0 Å². The number of carbonyl (C=O) groups is 4. The van der Waals surface area contributed by atoms with Crippen LogP contribution >= 0.6 is 0 Å². The number of hydrogen-bond acceptors (Lipinski definition) is 10. The van der Waals surface area contributed by atoms with Crippen LogP contribution < -0.4 is 0 Å². The Bertz CT molecular complexity index is 1080. The predicted octanol–water partition coefficient (Wildman–Crippen LogP) is 3.71. The number of aliphatic hydroxyl groups excluding tert-OH is 1. The molecule has 1 aliphatic heterocycles. The Kier molecular flexibility index (Phi) is 10.5. The van der Waals surface area contributed by atoms with E-state index < -0.39 is 77.2 Å². The molecule has 230 valence electrons. The lowest BCUT2D eigenvalue weighted by Gasteiger charge is -2.55. The summed E-state index contributed by atoms with van der Waals surface area (Å²) in [6.07, 6.45) is -0.487. The van der Waals surface area contributed by atoms with Crippen LogP contribution in [0.2, 0.25) is 0 Å². The summed E-state index contributed by atoms with van der Waals surface area (Å²) in [6.45, 7) is 12.1. The SMILES string of the molecule is CCCC(=O)OC1C=C(C)C2C(O)C3(O)C(C=C(C)CCC(OC(=O)CC)C2(C)C1OC(=O)CCC)OC(=O)C3C. The highest BCUT2D eigenvalue weighted by atomic mass is 16.6. The smallest absolute Gasteiger partial charge is 0.312 e. The second kappa shape index (κ2) is 13.1. The number of esters is 4. The van der Waals surface area contributed by atoms with Crippen molar-refractivity contribution in [1.82, 2.24) is 0 Å². The van der Waals surface area contributed by atoms with Gasteiger partial charge in [0.05, 0.1) is 17.4 Å². The molecule has 1 saturated heterocycles. The fourth-order valence-corrected chi connectivity index (χ4v) is 6.61. The summed E-state index contributed by atoms with van der Waals surface area (Å²) in [5, 5.41) is 24.3. The van der Waals surface area contributed by atoms with Crippen molar-refractivity contribution in [2.24, 2.45) is 17.3 Å². The summed E-state index contributed by atoms with van der Waals surface area (Å²) in [6, 6.07) is 0. The largest absolute Gasteiger partial charge is 0.462 e. The van der Waals surface area contributed by atoms with E-state index in [-0.39, 0.29) is 25.7 Å². The van der Waals surface area contributed by atoms with Gasteiger partial charge in [0.2, 0.25) is 0 Å². The van der Waals surface area contributed by atoms with E-state index in [1.54, 1.807) is 32.9 Å². The lowest BCUT2D eigenvalue weighted by molar-refractivity contribution is -0.222. The Labute approximate surface area is 242 Å². The highest BCUT2D eigenvalue weighted by molar-refractivity contribution is 5.77. The number of carbonyl (C=O) groups excluding carboxylic acids is 4. The van der Waals surface area contributed by atoms with Gasteiger partial charge in [0.1, 0.15) is 11.7 Å². The molecule has 0 bridgehead atoms. The van der Waals surface area contributed by atoms with Gasteiger partial charge in [0, 0.05) is 25.2 Å². The Hall–Kier alpha value is -2.72. The number of fused-ring (bicyclic) bond motifs is 2. The number of rotatable bonds is 8. The molecule has 1 heterocycles. The third kappa shape index (κ3) is 6.23. The van der Waals surface area contributed by atoms with E-state index in [2.05, 4.69) is 0 Å². The summed E-state index contributed by atoms with van der Waals surface area (Å²) in [7, 11) is 0. The molecule has 41 heavy (non-hydrogen) atoms. The molecule has 0 aromatic heterocycles. The highest BCUT2D eigenvalue weighted by Gasteiger charge is 2.66. The molecule has 0 radical (unpaired) electrons. The van der Waals surface area contributed by atoms with Gasteiger partial charge in [-0.15, -0.1) is 0 Å². The molecule has 0 spiro atoms. The molecule has 2 aliphatic carbocycles. The van der Waals surface area contributed by atoms with E-state index in [4.69, 9.17) is 18.9 Å². The first-order chi connectivity index (χ1) is 19.2. The summed E-state index contributed by atoms with van der Waals surface area (Å²) < 4.78 is 23.5. The molecule has 10 nitrogen and oxygen atoms in total. The van der Waals surface area contributed by atoms with Gasteiger partial charge < -0.3 is 29.2 Å². The van der Waals surface area contributed by atoms with E-state index in [9.17, 15) is 29.4 Å². The number of hydrogen-bond donors (Lipinski definition) is 2. The van der Waals surface area contributed by atoms with Gasteiger partial charge >= 0.3 is 23.9 Å². The zero-order chi connectivity index (χ0) is 30.7. The molecule has 0 aromatic carbocycles. The van der Waals surface area contributed by atoms with Crippen molar-refractivity contribution in [3.8, 4) is 0 Å². The Morgan fingerprint density at radius 3 is 2.20 bits per heavy atom. The fraction of sp³-hybridized carbons (Fsp3) is 0.742. The number of ether oxygens (including phenoxy) is 4. The lowest BCUT2D eigenvalue weighted by atomic mass is 9.55. The molecule has 0 aromatic rings. The second-order valence-corrected chi connectivity index (χ2v) is 11.9. The highest BCUT2D eigenvalue weighted by Crippen LogP contribution is 2.54. The average Bonchev–Trinajstić information content (AvgIpc) is 3.12. The third-order valence-electron chi connectivity index (χ3n) is 8.96. The molecule has 3 aliphatic rings. The summed E-state index contributed by atoms with van der Waals surface area (Å²) in [4.78, 5) is 51.3. The van der Waals surface area contributed by atoms with Crippen molar-refractivity contribution in [3.05, 3.63) is 23.3 Å². The minimum absolute atomic E-state index is 0.0873. The predicted molar refractivity (Wildman–Crippen MR) is 148 cm³/mol. The van der Waals surface area contributed by atoms with Crippen LogP contribution in [0.25, 0.3) is 0 Å². The Morgan fingerprint density at radius 2 is 1.61 bits per heavy atom. The van der Waals surface area contributed by atoms with Crippen LogP contribution in [0.3, 0.4) is 0 Å². The number of aliphatic hydroxyl groups is 2. The molecule has 9 unspecified atom stereocenters. The van der Waals surface area contributed by atoms with Crippen molar-refractivity contribution in [3.63, 3.8) is 0 Å². The molecule has 1 fully saturated rings. The first kappa shape index (κ1) is 32.8. The first-order valence-electron chi connectivity index (χ1n) is 14.8. The molecule has 0 saturated carbocycles. The summed E-state index contributed by atoms with van der Waals surface area (Å²) in [5.74, 6) is -4.21. The van der Waals surface area contributed by atoms with Crippen molar-refractivity contribution in [2.45, 2.75) is 130 Å². The standard InChI is InChI=1S/C31H46O10/c1-8-11-24(33)38-20-16-18(5)26-27(35)31(37)19(6)29(36)40-22(31)15-17(4)13-14-21(39-23(32)10-3)30(26,7)28(20)41-25(34)12-9-2/h15-16,19-22,26-28,35,37H,8-14H2,1-7H3. The maximum Gasteiger partial charge on any atom is 0.312 e. The van der Waals surface area contributed by atoms with Gasteiger partial charge in [0.15, 0.2) is 18.3 Å². The van der Waals surface area contributed by atoms with Gasteiger partial charge in [0.25, 0.3) is 0 Å². The van der Waals surface area contributed by atoms with Crippen LogP contribution in [0.5, 0.6) is 0 Å². The minimum atomic E-state index is -2.04. The van der Waals surface area contributed by atoms with Crippen LogP contribution in [0.1, 0.15) is 93.4 Å². The zero-order valence-corrected chi connectivity index (χ0v) is 25.3. The molecular formula is C31H46O10.